The van der Waals surface area contributed by atoms with Crippen molar-refractivity contribution in [2.24, 2.45) is 17.7 Å². The maximum absolute atomic E-state index is 13.3. The number of hydrogen-bond donors (Lipinski definition) is 2. The molecular weight excluding hydrogens is 336 g/mol. The first-order valence-electron chi connectivity index (χ1n) is 10.6. The third-order valence-electron chi connectivity index (χ3n) is 6.65. The fraction of sp³-hybridized carbons (Fsp3) is 0.682. The number of piperidine rings is 1. The second-order valence-electron chi connectivity index (χ2n) is 8.77. The molecule has 3 rings (SSSR count). The van der Waals surface area contributed by atoms with Crippen LogP contribution in [0.4, 0.5) is 11.4 Å². The quantitative estimate of drug-likeness (QED) is 0.468. The third-order valence-corrected chi connectivity index (χ3v) is 6.65. The van der Waals surface area contributed by atoms with E-state index in [9.17, 15) is 4.79 Å². The van der Waals surface area contributed by atoms with Crippen LogP contribution in [0.1, 0.15) is 64.4 Å². The van der Waals surface area contributed by atoms with Gasteiger partial charge in [0.05, 0.1) is 17.4 Å². The van der Waals surface area contributed by atoms with Gasteiger partial charge >= 0.3 is 0 Å². The smallest absolute Gasteiger partial charge is 0.224 e. The van der Waals surface area contributed by atoms with Crippen LogP contribution in [0, 0.1) is 18.8 Å². The molecule has 3 atom stereocenters. The molecule has 1 aliphatic carbocycles. The average Bonchev–Trinajstić information content (AvgIpc) is 2.67. The number of aryl methyl sites for hydroxylation is 1. The van der Waals surface area contributed by atoms with Crippen LogP contribution < -0.4 is 16.6 Å². The maximum Gasteiger partial charge on any atom is 0.224 e. The van der Waals surface area contributed by atoms with E-state index in [2.05, 4.69) is 18.7 Å². The lowest BCUT2D eigenvalue weighted by Gasteiger charge is -2.45. The van der Waals surface area contributed by atoms with Gasteiger partial charge in [0, 0.05) is 19.0 Å². The van der Waals surface area contributed by atoms with Gasteiger partial charge in [0.15, 0.2) is 0 Å². The summed E-state index contributed by atoms with van der Waals surface area (Å²) in [6.07, 6.45) is 7.89. The fourth-order valence-electron chi connectivity index (χ4n) is 4.95. The molecule has 1 saturated carbocycles. The number of rotatable bonds is 5. The van der Waals surface area contributed by atoms with Crippen molar-refractivity contribution in [3.05, 3.63) is 23.8 Å². The van der Waals surface area contributed by atoms with Crippen LogP contribution in [0.3, 0.4) is 0 Å². The minimum atomic E-state index is -0.0643. The van der Waals surface area contributed by atoms with Crippen molar-refractivity contribution in [2.45, 2.75) is 77.8 Å². The Morgan fingerprint density at radius 2 is 1.93 bits per heavy atom. The normalized spacial score (nSPS) is 23.8. The van der Waals surface area contributed by atoms with Gasteiger partial charge in [-0.15, -0.1) is 0 Å². The van der Waals surface area contributed by atoms with Crippen molar-refractivity contribution >= 4 is 17.3 Å². The van der Waals surface area contributed by atoms with Gasteiger partial charge in [-0.05, 0) is 56.1 Å². The summed E-state index contributed by atoms with van der Waals surface area (Å²) in [4.78, 5) is 15.4. The molecule has 5 nitrogen and oxygen atoms in total. The highest BCUT2D eigenvalue weighted by Crippen LogP contribution is 2.36. The zero-order chi connectivity index (χ0) is 19.6. The monoisotopic (exact) mass is 372 g/mol. The summed E-state index contributed by atoms with van der Waals surface area (Å²) >= 11 is 0. The standard InChI is InChI=1S/C22H36N4O/c1-15(2)20(26(24)19-12-6-8-16(3)22(19)23)14-21(27)25-13-7-10-17-9-4-5-11-18(17)25/h6,8,12,15,17-18,20H,4-5,7,9-11,13-14,23-24H2,1-3H3. The number of para-hydroxylation sites is 1. The van der Waals surface area contributed by atoms with Gasteiger partial charge in [0.1, 0.15) is 0 Å². The van der Waals surface area contributed by atoms with Gasteiger partial charge in [-0.2, -0.15) is 0 Å². The number of nitrogens with zero attached hydrogens (tertiary/aromatic N) is 2. The molecule has 5 heteroatoms. The third kappa shape index (κ3) is 4.23. The van der Waals surface area contributed by atoms with E-state index in [0.29, 0.717) is 24.1 Å². The van der Waals surface area contributed by atoms with Crippen molar-refractivity contribution in [2.75, 3.05) is 17.3 Å². The van der Waals surface area contributed by atoms with Gasteiger partial charge in [-0.25, -0.2) is 5.84 Å². The van der Waals surface area contributed by atoms with Gasteiger partial charge in [0.2, 0.25) is 5.91 Å². The van der Waals surface area contributed by atoms with Crippen LogP contribution >= 0.6 is 0 Å². The van der Waals surface area contributed by atoms with Crippen molar-refractivity contribution in [3.63, 3.8) is 0 Å². The number of carbonyl (C=O) groups is 1. The maximum atomic E-state index is 13.3. The van der Waals surface area contributed by atoms with Crippen LogP contribution in [0.2, 0.25) is 0 Å². The second-order valence-corrected chi connectivity index (χ2v) is 8.77. The molecule has 0 bridgehead atoms. The molecule has 1 aromatic rings. The molecule has 0 radical (unpaired) electrons. The van der Waals surface area contributed by atoms with E-state index < -0.39 is 0 Å². The molecule has 2 fully saturated rings. The summed E-state index contributed by atoms with van der Waals surface area (Å²) in [6, 6.07) is 6.28. The number of carbonyl (C=O) groups excluding carboxylic acids is 1. The van der Waals surface area contributed by atoms with Gasteiger partial charge < -0.3 is 15.6 Å². The Labute approximate surface area is 164 Å². The van der Waals surface area contributed by atoms with E-state index in [-0.39, 0.29) is 17.9 Å². The molecule has 4 N–H and O–H groups in total. The molecule has 1 heterocycles. The predicted octanol–water partition coefficient (Wildman–Crippen LogP) is 3.85. The number of fused-ring (bicyclic) bond motifs is 1. The minimum absolute atomic E-state index is 0.0643. The molecule has 1 saturated heterocycles. The molecule has 3 unspecified atom stereocenters. The Bertz CT molecular complexity index is 658. The van der Waals surface area contributed by atoms with Gasteiger partial charge in [-0.3, -0.25) is 4.79 Å². The lowest BCUT2D eigenvalue weighted by molar-refractivity contribution is -0.138. The molecule has 1 amide bonds. The number of benzene rings is 1. The summed E-state index contributed by atoms with van der Waals surface area (Å²) in [7, 11) is 0. The van der Waals surface area contributed by atoms with Crippen molar-refractivity contribution in [1.29, 1.82) is 0 Å². The van der Waals surface area contributed by atoms with E-state index >= 15 is 0 Å². The number of anilines is 2. The van der Waals surface area contributed by atoms with Gasteiger partial charge in [0.25, 0.3) is 0 Å². The first kappa shape index (κ1) is 20.0. The van der Waals surface area contributed by atoms with E-state index in [0.717, 1.165) is 24.2 Å². The number of hydrazine groups is 1. The van der Waals surface area contributed by atoms with Crippen LogP contribution in [-0.2, 0) is 4.79 Å². The van der Waals surface area contributed by atoms with E-state index in [4.69, 9.17) is 11.6 Å². The lowest BCUT2D eigenvalue weighted by atomic mass is 9.78. The lowest BCUT2D eigenvalue weighted by Crippen LogP contribution is -2.53. The van der Waals surface area contributed by atoms with Gasteiger partial charge in [-0.1, -0.05) is 38.8 Å². The van der Waals surface area contributed by atoms with E-state index in [1.807, 2.05) is 25.1 Å². The molecule has 2 aliphatic rings. The highest BCUT2D eigenvalue weighted by molar-refractivity contribution is 5.79. The molecule has 1 aliphatic heterocycles. The fourth-order valence-corrected chi connectivity index (χ4v) is 4.95. The number of nitrogens with two attached hydrogens (primary N) is 2. The summed E-state index contributed by atoms with van der Waals surface area (Å²) < 4.78 is 0. The summed E-state index contributed by atoms with van der Waals surface area (Å²) in [5.41, 5.74) is 8.79. The molecular formula is C22H36N4O. The van der Waals surface area contributed by atoms with E-state index in [1.54, 1.807) is 5.01 Å². The average molecular weight is 373 g/mol. The Balaban J connectivity index is 1.75. The molecule has 0 aromatic heterocycles. The van der Waals surface area contributed by atoms with Crippen LogP contribution in [-0.4, -0.2) is 29.4 Å². The van der Waals surface area contributed by atoms with E-state index in [1.165, 1.54) is 32.1 Å². The Morgan fingerprint density at radius 1 is 1.22 bits per heavy atom. The predicted molar refractivity (Wildman–Crippen MR) is 112 cm³/mol. The highest BCUT2D eigenvalue weighted by Gasteiger charge is 2.37. The van der Waals surface area contributed by atoms with Crippen LogP contribution in [0.5, 0.6) is 0 Å². The zero-order valence-corrected chi connectivity index (χ0v) is 17.2. The zero-order valence-electron chi connectivity index (χ0n) is 17.2. The summed E-state index contributed by atoms with van der Waals surface area (Å²) in [6.45, 7) is 7.15. The topological polar surface area (TPSA) is 75.6 Å². The molecule has 0 spiro atoms. The number of hydrogen-bond acceptors (Lipinski definition) is 4. The molecule has 1 aromatic carbocycles. The second kappa shape index (κ2) is 8.51. The Hall–Kier alpha value is -1.75. The SMILES string of the molecule is Cc1cccc(N(N)C(CC(=O)N2CCCC3CCCCC32)C(C)C)c1N. The summed E-state index contributed by atoms with van der Waals surface area (Å²) in [5.74, 6) is 7.72. The summed E-state index contributed by atoms with van der Waals surface area (Å²) in [5, 5.41) is 1.73. The number of amides is 1. The van der Waals surface area contributed by atoms with Crippen molar-refractivity contribution < 1.29 is 4.79 Å². The Kier molecular flexibility index (Phi) is 6.30. The largest absolute Gasteiger partial charge is 0.397 e. The van der Waals surface area contributed by atoms with Crippen LogP contribution in [0.25, 0.3) is 0 Å². The number of likely N-dealkylation sites (tertiary alicyclic amines) is 1. The first-order chi connectivity index (χ1) is 12.9. The van der Waals surface area contributed by atoms with Crippen molar-refractivity contribution in [3.8, 4) is 0 Å². The number of nitrogen functional groups attached to an aromatic ring is 1. The Morgan fingerprint density at radius 3 is 2.67 bits per heavy atom. The molecule has 150 valence electrons. The first-order valence-corrected chi connectivity index (χ1v) is 10.6. The van der Waals surface area contributed by atoms with Crippen molar-refractivity contribution in [1.82, 2.24) is 4.90 Å². The van der Waals surface area contributed by atoms with Crippen LogP contribution in [0.15, 0.2) is 18.2 Å². The molecule has 27 heavy (non-hydrogen) atoms. The highest BCUT2D eigenvalue weighted by atomic mass is 16.2. The minimum Gasteiger partial charge on any atom is -0.397 e.